The van der Waals surface area contributed by atoms with Crippen molar-refractivity contribution >= 4 is 11.8 Å². The summed E-state index contributed by atoms with van der Waals surface area (Å²) in [4.78, 5) is 23.5. The standard InChI is InChI=1S/C18H28N2O3/c1-13-6-7-15(23-5)14(12-13)8-10-19-16(21)9-11-20-17(22)18(2,3)4/h6-7,12H,8-11H2,1-5H3,(H,19,21)(H,20,22). The number of carbonyl (C=O) groups excluding carboxylic acids is 2. The average Bonchev–Trinajstić information content (AvgIpc) is 2.46. The number of nitrogens with one attached hydrogen (secondary N) is 2. The van der Waals surface area contributed by atoms with Gasteiger partial charge in [-0.2, -0.15) is 0 Å². The van der Waals surface area contributed by atoms with Crippen LogP contribution in [-0.2, 0) is 16.0 Å². The quantitative estimate of drug-likeness (QED) is 0.809. The molecule has 2 N–H and O–H groups in total. The van der Waals surface area contributed by atoms with Gasteiger partial charge in [0, 0.05) is 24.9 Å². The number of ether oxygens (including phenoxy) is 1. The number of hydrogen-bond donors (Lipinski definition) is 2. The Kier molecular flexibility index (Phi) is 7.07. The maximum Gasteiger partial charge on any atom is 0.225 e. The van der Waals surface area contributed by atoms with Gasteiger partial charge in [-0.1, -0.05) is 38.5 Å². The molecule has 0 radical (unpaired) electrons. The first kappa shape index (κ1) is 19.0. The van der Waals surface area contributed by atoms with Crippen molar-refractivity contribution in [2.75, 3.05) is 20.2 Å². The van der Waals surface area contributed by atoms with E-state index in [0.717, 1.165) is 16.9 Å². The summed E-state index contributed by atoms with van der Waals surface area (Å²) in [6.07, 6.45) is 0.998. The molecule has 0 aliphatic heterocycles. The minimum absolute atomic E-state index is 0.0465. The van der Waals surface area contributed by atoms with Crippen molar-refractivity contribution in [3.05, 3.63) is 29.3 Å². The van der Waals surface area contributed by atoms with Gasteiger partial charge in [0.15, 0.2) is 0 Å². The van der Waals surface area contributed by atoms with Crippen LogP contribution in [0.5, 0.6) is 5.75 Å². The van der Waals surface area contributed by atoms with Gasteiger partial charge in [-0.15, -0.1) is 0 Å². The van der Waals surface area contributed by atoms with Crippen molar-refractivity contribution in [3.8, 4) is 5.75 Å². The molecule has 0 aliphatic carbocycles. The van der Waals surface area contributed by atoms with Crippen molar-refractivity contribution in [2.45, 2.75) is 40.5 Å². The van der Waals surface area contributed by atoms with Crippen LogP contribution in [0, 0.1) is 12.3 Å². The van der Waals surface area contributed by atoms with Crippen LogP contribution >= 0.6 is 0 Å². The molecule has 0 saturated carbocycles. The maximum atomic E-state index is 11.8. The van der Waals surface area contributed by atoms with E-state index in [1.165, 1.54) is 0 Å². The topological polar surface area (TPSA) is 67.4 Å². The summed E-state index contributed by atoms with van der Waals surface area (Å²) in [5.41, 5.74) is 1.81. The molecule has 23 heavy (non-hydrogen) atoms. The highest BCUT2D eigenvalue weighted by atomic mass is 16.5. The van der Waals surface area contributed by atoms with E-state index < -0.39 is 5.41 Å². The summed E-state index contributed by atoms with van der Waals surface area (Å²) in [7, 11) is 1.64. The lowest BCUT2D eigenvalue weighted by Crippen LogP contribution is -2.37. The lowest BCUT2D eigenvalue weighted by Gasteiger charge is -2.17. The van der Waals surface area contributed by atoms with Crippen LogP contribution < -0.4 is 15.4 Å². The number of amides is 2. The molecule has 5 heteroatoms. The predicted octanol–water partition coefficient (Wildman–Crippen LogP) is 2.21. The van der Waals surface area contributed by atoms with Crippen molar-refractivity contribution in [1.29, 1.82) is 0 Å². The van der Waals surface area contributed by atoms with Crippen molar-refractivity contribution in [3.63, 3.8) is 0 Å². The normalized spacial score (nSPS) is 11.0. The minimum atomic E-state index is -0.432. The summed E-state index contributed by atoms with van der Waals surface area (Å²) in [6.45, 7) is 8.47. The Hall–Kier alpha value is -2.04. The van der Waals surface area contributed by atoms with Crippen LogP contribution in [0.4, 0.5) is 0 Å². The van der Waals surface area contributed by atoms with E-state index >= 15 is 0 Å². The first-order chi connectivity index (χ1) is 10.7. The van der Waals surface area contributed by atoms with Crippen molar-refractivity contribution in [2.24, 2.45) is 5.41 Å². The zero-order valence-electron chi connectivity index (χ0n) is 14.8. The second kappa shape index (κ2) is 8.56. The van der Waals surface area contributed by atoms with Crippen LogP contribution in [0.15, 0.2) is 18.2 Å². The zero-order chi connectivity index (χ0) is 17.5. The maximum absolute atomic E-state index is 11.8. The molecule has 0 atom stereocenters. The second-order valence-electron chi connectivity index (χ2n) is 6.67. The first-order valence-corrected chi connectivity index (χ1v) is 7.92. The highest BCUT2D eigenvalue weighted by molar-refractivity contribution is 5.82. The van der Waals surface area contributed by atoms with Gasteiger partial charge in [-0.05, 0) is 25.0 Å². The van der Waals surface area contributed by atoms with E-state index in [-0.39, 0.29) is 18.2 Å². The average molecular weight is 320 g/mol. The van der Waals surface area contributed by atoms with Gasteiger partial charge in [0.1, 0.15) is 5.75 Å². The fourth-order valence-electron chi connectivity index (χ4n) is 2.08. The Morgan fingerprint density at radius 3 is 2.43 bits per heavy atom. The summed E-state index contributed by atoms with van der Waals surface area (Å²) >= 11 is 0. The van der Waals surface area contributed by atoms with Crippen LogP contribution in [0.2, 0.25) is 0 Å². The molecule has 5 nitrogen and oxygen atoms in total. The Bertz CT molecular complexity index is 548. The molecule has 0 aromatic heterocycles. The SMILES string of the molecule is COc1ccc(C)cc1CCNC(=O)CCNC(=O)C(C)(C)C. The van der Waals surface area contributed by atoms with Crippen molar-refractivity contribution < 1.29 is 14.3 Å². The number of benzene rings is 1. The Balaban J connectivity index is 2.32. The number of methoxy groups -OCH3 is 1. The molecule has 0 fully saturated rings. The fourth-order valence-corrected chi connectivity index (χ4v) is 2.08. The van der Waals surface area contributed by atoms with E-state index in [1.54, 1.807) is 7.11 Å². The molecule has 128 valence electrons. The van der Waals surface area contributed by atoms with Crippen LogP contribution in [0.3, 0.4) is 0 Å². The third kappa shape index (κ3) is 6.72. The molecule has 0 aliphatic rings. The van der Waals surface area contributed by atoms with E-state index in [0.29, 0.717) is 19.5 Å². The molecular formula is C18H28N2O3. The highest BCUT2D eigenvalue weighted by Gasteiger charge is 2.20. The largest absolute Gasteiger partial charge is 0.496 e. The third-order valence-electron chi connectivity index (χ3n) is 3.47. The van der Waals surface area contributed by atoms with Crippen LogP contribution in [0.1, 0.15) is 38.3 Å². The van der Waals surface area contributed by atoms with Gasteiger partial charge in [-0.3, -0.25) is 9.59 Å². The van der Waals surface area contributed by atoms with Gasteiger partial charge in [0.25, 0.3) is 0 Å². The smallest absolute Gasteiger partial charge is 0.225 e. The molecule has 2 amide bonds. The molecule has 1 rings (SSSR count). The van der Waals surface area contributed by atoms with Crippen LogP contribution in [0.25, 0.3) is 0 Å². The Morgan fingerprint density at radius 2 is 1.83 bits per heavy atom. The third-order valence-corrected chi connectivity index (χ3v) is 3.47. The van der Waals surface area contributed by atoms with Gasteiger partial charge in [0.05, 0.1) is 7.11 Å². The highest BCUT2D eigenvalue weighted by Crippen LogP contribution is 2.19. The number of rotatable bonds is 7. The van der Waals surface area contributed by atoms with E-state index in [2.05, 4.69) is 16.7 Å². The fraction of sp³-hybridized carbons (Fsp3) is 0.556. The summed E-state index contributed by atoms with van der Waals surface area (Å²) in [5, 5.41) is 5.64. The molecule has 0 saturated heterocycles. The number of aryl methyl sites for hydroxylation is 1. The monoisotopic (exact) mass is 320 g/mol. The Morgan fingerprint density at radius 1 is 1.13 bits per heavy atom. The molecule has 0 heterocycles. The van der Waals surface area contributed by atoms with Crippen molar-refractivity contribution in [1.82, 2.24) is 10.6 Å². The lowest BCUT2D eigenvalue weighted by atomic mass is 9.96. The van der Waals surface area contributed by atoms with Gasteiger partial charge in [0.2, 0.25) is 11.8 Å². The van der Waals surface area contributed by atoms with Gasteiger partial charge >= 0.3 is 0 Å². The predicted molar refractivity (Wildman–Crippen MR) is 91.5 cm³/mol. The lowest BCUT2D eigenvalue weighted by molar-refractivity contribution is -0.128. The second-order valence-corrected chi connectivity index (χ2v) is 6.67. The van der Waals surface area contributed by atoms with E-state index in [1.807, 2.05) is 39.8 Å². The van der Waals surface area contributed by atoms with Crippen LogP contribution in [-0.4, -0.2) is 32.0 Å². The molecule has 0 bridgehead atoms. The first-order valence-electron chi connectivity index (χ1n) is 7.92. The Labute approximate surface area is 138 Å². The number of hydrogen-bond acceptors (Lipinski definition) is 3. The van der Waals surface area contributed by atoms with Gasteiger partial charge in [-0.25, -0.2) is 0 Å². The molecule has 0 unspecified atom stereocenters. The minimum Gasteiger partial charge on any atom is -0.496 e. The van der Waals surface area contributed by atoms with Gasteiger partial charge < -0.3 is 15.4 Å². The molecule has 1 aromatic carbocycles. The molecular weight excluding hydrogens is 292 g/mol. The van der Waals surface area contributed by atoms with E-state index in [4.69, 9.17) is 4.74 Å². The molecule has 1 aromatic rings. The summed E-state index contributed by atoms with van der Waals surface area (Å²) in [5.74, 6) is 0.725. The zero-order valence-corrected chi connectivity index (χ0v) is 14.8. The summed E-state index contributed by atoms with van der Waals surface area (Å²) < 4.78 is 5.32. The number of carbonyl (C=O) groups is 2. The van der Waals surface area contributed by atoms with E-state index in [9.17, 15) is 9.59 Å². The molecule has 0 spiro atoms. The summed E-state index contributed by atoms with van der Waals surface area (Å²) in [6, 6.07) is 6.00.